The molecule has 0 spiro atoms. The predicted molar refractivity (Wildman–Crippen MR) is 64.9 cm³/mol. The molecule has 1 N–H and O–H groups in total. The average Bonchev–Trinajstić information content (AvgIpc) is 2.77. The first-order valence-electron chi connectivity index (χ1n) is 5.57. The molecule has 1 aromatic carbocycles. The van der Waals surface area contributed by atoms with Gasteiger partial charge in [-0.05, 0) is 12.1 Å². The first kappa shape index (κ1) is 12.3. The number of nitriles is 1. The molecule has 0 aliphatic heterocycles. The largest absolute Gasteiger partial charge is 0.307 e. The highest BCUT2D eigenvalue weighted by atomic mass is 19.1. The third kappa shape index (κ3) is 2.73. The lowest BCUT2D eigenvalue weighted by Crippen LogP contribution is -2.14. The van der Waals surface area contributed by atoms with Crippen molar-refractivity contribution in [3.05, 3.63) is 53.1 Å². The van der Waals surface area contributed by atoms with Crippen LogP contribution in [0.5, 0.6) is 0 Å². The average molecular weight is 244 g/mol. The summed E-state index contributed by atoms with van der Waals surface area (Å²) in [5.74, 6) is -0.450. The van der Waals surface area contributed by atoms with Gasteiger partial charge in [0.05, 0.1) is 11.3 Å². The van der Waals surface area contributed by atoms with Gasteiger partial charge >= 0.3 is 0 Å². The smallest absolute Gasteiger partial charge is 0.145 e. The van der Waals surface area contributed by atoms with Gasteiger partial charge < -0.3 is 5.32 Å². The summed E-state index contributed by atoms with van der Waals surface area (Å²) in [6, 6.07) is 8.54. The van der Waals surface area contributed by atoms with Gasteiger partial charge in [0.1, 0.15) is 11.9 Å². The van der Waals surface area contributed by atoms with Crippen LogP contribution in [0.25, 0.3) is 0 Å². The molecule has 0 aliphatic carbocycles. The van der Waals surface area contributed by atoms with Crippen LogP contribution in [-0.2, 0) is 20.1 Å². The molecule has 0 atom stereocenters. The minimum absolute atomic E-state index is 0.0761. The van der Waals surface area contributed by atoms with Gasteiger partial charge in [0.2, 0.25) is 0 Å². The predicted octanol–water partition coefficient (Wildman–Crippen LogP) is 1.72. The molecular formula is C13H13FN4. The van der Waals surface area contributed by atoms with Gasteiger partial charge in [-0.25, -0.2) is 4.39 Å². The van der Waals surface area contributed by atoms with Crippen molar-refractivity contribution in [3.8, 4) is 6.07 Å². The van der Waals surface area contributed by atoms with Crippen LogP contribution in [0.2, 0.25) is 0 Å². The van der Waals surface area contributed by atoms with Crippen molar-refractivity contribution in [2.75, 3.05) is 0 Å². The Kier molecular flexibility index (Phi) is 3.70. The number of rotatable bonds is 4. The van der Waals surface area contributed by atoms with Crippen molar-refractivity contribution >= 4 is 0 Å². The fourth-order valence-electron chi connectivity index (χ4n) is 1.69. The number of hydrogen-bond acceptors (Lipinski definition) is 3. The molecular weight excluding hydrogens is 231 g/mol. The van der Waals surface area contributed by atoms with E-state index >= 15 is 0 Å². The molecule has 0 radical (unpaired) electrons. The van der Waals surface area contributed by atoms with Gasteiger partial charge in [0, 0.05) is 31.9 Å². The van der Waals surface area contributed by atoms with Crippen molar-refractivity contribution < 1.29 is 4.39 Å². The van der Waals surface area contributed by atoms with E-state index < -0.39 is 5.82 Å². The third-order valence-corrected chi connectivity index (χ3v) is 2.59. The number of benzene rings is 1. The SMILES string of the molecule is Cn1ccc(CNCc2cccc(C#N)c2F)n1. The maximum absolute atomic E-state index is 13.7. The number of halogens is 1. The highest BCUT2D eigenvalue weighted by Crippen LogP contribution is 2.11. The molecule has 0 unspecified atom stereocenters. The van der Waals surface area contributed by atoms with Crippen LogP contribution >= 0.6 is 0 Å². The quantitative estimate of drug-likeness (QED) is 0.891. The second kappa shape index (κ2) is 5.43. The molecule has 4 nitrogen and oxygen atoms in total. The Morgan fingerprint density at radius 2 is 2.22 bits per heavy atom. The molecule has 5 heteroatoms. The van der Waals surface area contributed by atoms with Crippen molar-refractivity contribution in [2.24, 2.45) is 7.05 Å². The maximum Gasteiger partial charge on any atom is 0.145 e. The molecule has 1 aromatic heterocycles. The van der Waals surface area contributed by atoms with Gasteiger partial charge in [0.15, 0.2) is 0 Å². The molecule has 92 valence electrons. The summed E-state index contributed by atoms with van der Waals surface area (Å²) in [6.07, 6.45) is 1.86. The topological polar surface area (TPSA) is 53.6 Å². The van der Waals surface area contributed by atoms with Crippen LogP contribution in [0.1, 0.15) is 16.8 Å². The highest BCUT2D eigenvalue weighted by Gasteiger charge is 2.07. The van der Waals surface area contributed by atoms with E-state index in [0.717, 1.165) is 5.69 Å². The number of aryl methyl sites for hydroxylation is 1. The van der Waals surface area contributed by atoms with Crippen LogP contribution < -0.4 is 5.32 Å². The van der Waals surface area contributed by atoms with Gasteiger partial charge in [-0.1, -0.05) is 12.1 Å². The first-order valence-corrected chi connectivity index (χ1v) is 5.57. The van der Waals surface area contributed by atoms with E-state index in [1.54, 1.807) is 16.8 Å². The van der Waals surface area contributed by atoms with Gasteiger partial charge in [-0.15, -0.1) is 0 Å². The second-order valence-corrected chi connectivity index (χ2v) is 3.97. The van der Waals surface area contributed by atoms with Gasteiger partial charge in [-0.3, -0.25) is 4.68 Å². The Hall–Kier alpha value is -2.19. The number of hydrogen-bond donors (Lipinski definition) is 1. The molecule has 0 bridgehead atoms. The van der Waals surface area contributed by atoms with Crippen molar-refractivity contribution in [2.45, 2.75) is 13.1 Å². The van der Waals surface area contributed by atoms with E-state index in [0.29, 0.717) is 18.7 Å². The Labute approximate surface area is 105 Å². The standard InChI is InChI=1S/C13H13FN4/c1-18-6-5-12(17-18)9-16-8-11-4-2-3-10(7-15)13(11)14/h2-6,16H,8-9H2,1H3. The summed E-state index contributed by atoms with van der Waals surface area (Å²) >= 11 is 0. The Morgan fingerprint density at radius 3 is 2.89 bits per heavy atom. The normalized spacial score (nSPS) is 10.3. The van der Waals surface area contributed by atoms with Crippen molar-refractivity contribution in [1.82, 2.24) is 15.1 Å². The molecule has 0 amide bonds. The highest BCUT2D eigenvalue weighted by molar-refractivity contribution is 5.34. The number of nitrogens with zero attached hydrogens (tertiary/aromatic N) is 3. The lowest BCUT2D eigenvalue weighted by molar-refractivity contribution is 0.580. The molecule has 18 heavy (non-hydrogen) atoms. The zero-order valence-corrected chi connectivity index (χ0v) is 10.0. The Balaban J connectivity index is 1.97. The minimum atomic E-state index is -0.450. The Bertz CT molecular complexity index is 583. The first-order chi connectivity index (χ1) is 8.70. The lowest BCUT2D eigenvalue weighted by Gasteiger charge is -2.05. The van der Waals surface area contributed by atoms with E-state index in [4.69, 9.17) is 5.26 Å². The molecule has 0 fully saturated rings. The molecule has 0 saturated carbocycles. The summed E-state index contributed by atoms with van der Waals surface area (Å²) < 4.78 is 15.4. The summed E-state index contributed by atoms with van der Waals surface area (Å²) in [5, 5.41) is 16.0. The summed E-state index contributed by atoms with van der Waals surface area (Å²) in [7, 11) is 1.85. The molecule has 2 aromatic rings. The fourth-order valence-corrected chi connectivity index (χ4v) is 1.69. The zero-order chi connectivity index (χ0) is 13.0. The number of aromatic nitrogens is 2. The van der Waals surface area contributed by atoms with E-state index in [2.05, 4.69) is 10.4 Å². The van der Waals surface area contributed by atoms with Crippen LogP contribution in [0.4, 0.5) is 4.39 Å². The summed E-state index contributed by atoms with van der Waals surface area (Å²) in [5.41, 5.74) is 1.46. The zero-order valence-electron chi connectivity index (χ0n) is 10.0. The maximum atomic E-state index is 13.7. The van der Waals surface area contributed by atoms with Crippen molar-refractivity contribution in [3.63, 3.8) is 0 Å². The molecule has 2 rings (SSSR count). The van der Waals surface area contributed by atoms with E-state index in [1.165, 1.54) is 6.07 Å². The van der Waals surface area contributed by atoms with Crippen LogP contribution in [0.15, 0.2) is 30.5 Å². The van der Waals surface area contributed by atoms with Crippen LogP contribution in [0, 0.1) is 17.1 Å². The van der Waals surface area contributed by atoms with E-state index in [9.17, 15) is 4.39 Å². The third-order valence-electron chi connectivity index (χ3n) is 2.59. The minimum Gasteiger partial charge on any atom is -0.307 e. The van der Waals surface area contributed by atoms with E-state index in [1.807, 2.05) is 25.4 Å². The van der Waals surface area contributed by atoms with Crippen LogP contribution in [0.3, 0.4) is 0 Å². The number of nitrogens with one attached hydrogen (secondary N) is 1. The fraction of sp³-hybridized carbons (Fsp3) is 0.231. The van der Waals surface area contributed by atoms with Crippen molar-refractivity contribution in [1.29, 1.82) is 5.26 Å². The monoisotopic (exact) mass is 244 g/mol. The molecule has 1 heterocycles. The molecule has 0 saturated heterocycles. The van der Waals surface area contributed by atoms with Gasteiger partial charge in [-0.2, -0.15) is 10.4 Å². The summed E-state index contributed by atoms with van der Waals surface area (Å²) in [6.45, 7) is 0.939. The van der Waals surface area contributed by atoms with Gasteiger partial charge in [0.25, 0.3) is 0 Å². The van der Waals surface area contributed by atoms with E-state index in [-0.39, 0.29) is 5.56 Å². The Morgan fingerprint density at radius 1 is 1.39 bits per heavy atom. The summed E-state index contributed by atoms with van der Waals surface area (Å²) in [4.78, 5) is 0. The van der Waals surface area contributed by atoms with Crippen LogP contribution in [-0.4, -0.2) is 9.78 Å². The molecule has 0 aliphatic rings. The second-order valence-electron chi connectivity index (χ2n) is 3.97. The lowest BCUT2D eigenvalue weighted by atomic mass is 10.1.